The minimum Gasteiger partial charge on any atom is -0.371 e. The molecule has 118 valence electrons. The SMILES string of the molecule is C[C@H]([N+](=O)[O-])[C@](O)(c1ccc(C(C)(C)C)cc1)C(F)(F)F. The number of hydrogen-bond acceptors (Lipinski definition) is 3. The summed E-state index contributed by atoms with van der Waals surface area (Å²) in [4.78, 5) is 9.60. The van der Waals surface area contributed by atoms with Crippen LogP contribution in [0.1, 0.15) is 38.8 Å². The Kier molecular flexibility index (Phi) is 4.39. The zero-order valence-electron chi connectivity index (χ0n) is 12.2. The highest BCUT2D eigenvalue weighted by Gasteiger charge is 2.63. The van der Waals surface area contributed by atoms with Gasteiger partial charge in [0, 0.05) is 11.8 Å². The molecule has 1 N–H and O–H groups in total. The fraction of sp³-hybridized carbons (Fsp3) is 0.571. The van der Waals surface area contributed by atoms with Gasteiger partial charge < -0.3 is 5.11 Å². The summed E-state index contributed by atoms with van der Waals surface area (Å²) in [7, 11) is 0. The van der Waals surface area contributed by atoms with Crippen LogP contribution < -0.4 is 0 Å². The van der Waals surface area contributed by atoms with Crippen LogP contribution in [0.5, 0.6) is 0 Å². The molecule has 0 spiro atoms. The molecule has 0 aliphatic carbocycles. The normalized spacial score (nSPS) is 17.1. The Balaban J connectivity index is 3.39. The van der Waals surface area contributed by atoms with Gasteiger partial charge in [-0.15, -0.1) is 0 Å². The quantitative estimate of drug-likeness (QED) is 0.687. The molecule has 0 heterocycles. The van der Waals surface area contributed by atoms with Crippen molar-refractivity contribution < 1.29 is 23.2 Å². The molecule has 21 heavy (non-hydrogen) atoms. The van der Waals surface area contributed by atoms with E-state index in [0.717, 1.165) is 24.6 Å². The Morgan fingerprint density at radius 2 is 1.48 bits per heavy atom. The Labute approximate surface area is 120 Å². The molecular weight excluding hydrogens is 287 g/mol. The molecule has 2 atom stereocenters. The van der Waals surface area contributed by atoms with Crippen molar-refractivity contribution >= 4 is 0 Å². The summed E-state index contributed by atoms with van der Waals surface area (Å²) in [5, 5.41) is 20.7. The Morgan fingerprint density at radius 1 is 1.10 bits per heavy atom. The van der Waals surface area contributed by atoms with Crippen molar-refractivity contribution in [2.45, 2.75) is 50.9 Å². The van der Waals surface area contributed by atoms with E-state index in [1.165, 1.54) is 12.1 Å². The molecule has 0 fully saturated rings. The number of benzene rings is 1. The number of alkyl halides is 3. The van der Waals surface area contributed by atoms with Gasteiger partial charge >= 0.3 is 6.18 Å². The van der Waals surface area contributed by atoms with Gasteiger partial charge in [-0.05, 0) is 16.5 Å². The van der Waals surface area contributed by atoms with Gasteiger partial charge in [0.05, 0.1) is 0 Å². The third kappa shape index (κ3) is 3.18. The molecule has 0 aliphatic heterocycles. The first-order valence-electron chi connectivity index (χ1n) is 6.35. The smallest absolute Gasteiger partial charge is 0.371 e. The van der Waals surface area contributed by atoms with Gasteiger partial charge in [0.25, 0.3) is 11.6 Å². The fourth-order valence-corrected chi connectivity index (χ4v) is 2.02. The van der Waals surface area contributed by atoms with Crippen LogP contribution in [0.2, 0.25) is 0 Å². The van der Waals surface area contributed by atoms with E-state index >= 15 is 0 Å². The van der Waals surface area contributed by atoms with Gasteiger partial charge in [0.2, 0.25) is 0 Å². The largest absolute Gasteiger partial charge is 0.428 e. The number of aliphatic hydroxyl groups is 1. The highest BCUT2D eigenvalue weighted by molar-refractivity contribution is 5.32. The van der Waals surface area contributed by atoms with Gasteiger partial charge in [0.1, 0.15) is 0 Å². The first kappa shape index (κ1) is 17.4. The average Bonchev–Trinajstić information content (AvgIpc) is 2.34. The summed E-state index contributed by atoms with van der Waals surface area (Å²) in [6.07, 6.45) is -5.15. The third-order valence-corrected chi connectivity index (χ3v) is 3.54. The molecule has 1 rings (SSSR count). The van der Waals surface area contributed by atoms with E-state index < -0.39 is 28.3 Å². The second-order valence-corrected chi connectivity index (χ2v) is 6.05. The van der Waals surface area contributed by atoms with E-state index in [1.807, 2.05) is 20.8 Å². The number of nitrogens with zero attached hydrogens (tertiary/aromatic N) is 1. The molecule has 4 nitrogen and oxygen atoms in total. The monoisotopic (exact) mass is 305 g/mol. The molecule has 0 saturated carbocycles. The highest BCUT2D eigenvalue weighted by atomic mass is 19.4. The number of rotatable bonds is 3. The van der Waals surface area contributed by atoms with Crippen LogP contribution in [0.25, 0.3) is 0 Å². The standard InChI is InChI=1S/C14H18F3NO3/c1-9(18(20)21)13(19,14(15,16)17)11-7-5-10(6-8-11)12(2,3)4/h5-9,19H,1-4H3/t9-,13-/m0/s1. The molecule has 1 aromatic rings. The van der Waals surface area contributed by atoms with Crippen molar-refractivity contribution in [2.75, 3.05) is 0 Å². The van der Waals surface area contributed by atoms with Crippen LogP contribution >= 0.6 is 0 Å². The summed E-state index contributed by atoms with van der Waals surface area (Å²) >= 11 is 0. The Hall–Kier alpha value is -1.63. The number of hydrogen-bond donors (Lipinski definition) is 1. The molecule has 0 bridgehead atoms. The predicted octanol–water partition coefficient (Wildman–Crippen LogP) is 3.40. The lowest BCUT2D eigenvalue weighted by Crippen LogP contribution is -2.53. The van der Waals surface area contributed by atoms with Crippen molar-refractivity contribution in [3.05, 3.63) is 45.5 Å². The van der Waals surface area contributed by atoms with Crippen LogP contribution in [-0.4, -0.2) is 22.2 Å². The van der Waals surface area contributed by atoms with E-state index in [9.17, 15) is 28.4 Å². The van der Waals surface area contributed by atoms with Crippen LogP contribution in [0.3, 0.4) is 0 Å². The van der Waals surface area contributed by atoms with E-state index in [2.05, 4.69) is 0 Å². The minimum atomic E-state index is -5.15. The van der Waals surface area contributed by atoms with E-state index in [1.54, 1.807) is 0 Å². The third-order valence-electron chi connectivity index (χ3n) is 3.54. The second kappa shape index (κ2) is 5.29. The van der Waals surface area contributed by atoms with E-state index in [-0.39, 0.29) is 5.41 Å². The van der Waals surface area contributed by atoms with Crippen molar-refractivity contribution in [2.24, 2.45) is 0 Å². The first-order valence-corrected chi connectivity index (χ1v) is 6.35. The zero-order valence-corrected chi connectivity index (χ0v) is 12.2. The molecule has 0 aromatic heterocycles. The van der Waals surface area contributed by atoms with Crippen molar-refractivity contribution in [1.29, 1.82) is 0 Å². The van der Waals surface area contributed by atoms with Crippen molar-refractivity contribution in [3.8, 4) is 0 Å². The lowest BCUT2D eigenvalue weighted by atomic mass is 9.82. The lowest BCUT2D eigenvalue weighted by molar-refractivity contribution is -0.559. The molecule has 1 aromatic carbocycles. The van der Waals surface area contributed by atoms with Crippen LogP contribution in [0.4, 0.5) is 13.2 Å². The predicted molar refractivity (Wildman–Crippen MR) is 71.6 cm³/mol. The molecule has 0 saturated heterocycles. The maximum atomic E-state index is 13.2. The molecule has 0 amide bonds. The molecule has 0 aliphatic rings. The number of nitro groups is 1. The summed E-state index contributed by atoms with van der Waals surface area (Å²) < 4.78 is 39.5. The molecule has 0 unspecified atom stereocenters. The van der Waals surface area contributed by atoms with Crippen molar-refractivity contribution in [3.63, 3.8) is 0 Å². The van der Waals surface area contributed by atoms with Gasteiger partial charge in [-0.2, -0.15) is 13.2 Å². The van der Waals surface area contributed by atoms with Gasteiger partial charge in [0.15, 0.2) is 0 Å². The number of halogens is 3. The topological polar surface area (TPSA) is 63.4 Å². The summed E-state index contributed by atoms with van der Waals surface area (Å²) in [5.74, 6) is 0. The Morgan fingerprint density at radius 3 is 1.76 bits per heavy atom. The van der Waals surface area contributed by atoms with Crippen LogP contribution in [0.15, 0.2) is 24.3 Å². The summed E-state index contributed by atoms with van der Waals surface area (Å²) in [6, 6.07) is 2.86. The summed E-state index contributed by atoms with van der Waals surface area (Å²) in [5.41, 5.74) is -3.56. The van der Waals surface area contributed by atoms with Gasteiger partial charge in [-0.3, -0.25) is 10.1 Å². The second-order valence-electron chi connectivity index (χ2n) is 6.05. The highest BCUT2D eigenvalue weighted by Crippen LogP contribution is 2.42. The molecular formula is C14H18F3NO3. The maximum Gasteiger partial charge on any atom is 0.428 e. The van der Waals surface area contributed by atoms with Gasteiger partial charge in [-0.25, -0.2) is 0 Å². The fourth-order valence-electron chi connectivity index (χ4n) is 2.02. The summed E-state index contributed by atoms with van der Waals surface area (Å²) in [6.45, 7) is 6.40. The molecule has 0 radical (unpaired) electrons. The average molecular weight is 305 g/mol. The Bertz CT molecular complexity index is 520. The van der Waals surface area contributed by atoms with E-state index in [4.69, 9.17) is 0 Å². The maximum absolute atomic E-state index is 13.2. The molecule has 7 heteroatoms. The lowest BCUT2D eigenvalue weighted by Gasteiger charge is -2.31. The minimum absolute atomic E-state index is 0.274. The first-order chi connectivity index (χ1) is 9.31. The van der Waals surface area contributed by atoms with Crippen LogP contribution in [-0.2, 0) is 11.0 Å². The van der Waals surface area contributed by atoms with E-state index in [0.29, 0.717) is 0 Å². The zero-order chi connectivity index (χ0) is 16.6. The van der Waals surface area contributed by atoms with Crippen LogP contribution in [0, 0.1) is 10.1 Å². The van der Waals surface area contributed by atoms with Crippen molar-refractivity contribution in [1.82, 2.24) is 0 Å². The van der Waals surface area contributed by atoms with Gasteiger partial charge in [-0.1, -0.05) is 45.0 Å².